The zero-order valence-corrected chi connectivity index (χ0v) is 12.1. The number of carbonyl (C=O) groups excluding carboxylic acids is 1. The molecule has 0 bridgehead atoms. The average molecular weight is 358 g/mol. The van der Waals surface area contributed by atoms with E-state index < -0.39 is 0 Å². The van der Waals surface area contributed by atoms with Gasteiger partial charge in [0.15, 0.2) is 12.4 Å². The van der Waals surface area contributed by atoms with Gasteiger partial charge in [-0.05, 0) is 12.1 Å². The summed E-state index contributed by atoms with van der Waals surface area (Å²) in [6, 6.07) is 7.36. The summed E-state index contributed by atoms with van der Waals surface area (Å²) in [5, 5.41) is 0. The second-order valence-electron chi connectivity index (χ2n) is 3.35. The topological polar surface area (TPSA) is 33.8 Å². The Labute approximate surface area is 118 Å². The van der Waals surface area contributed by atoms with Crippen molar-refractivity contribution in [3.05, 3.63) is 59.1 Å². The maximum Gasteiger partial charge on any atom is 0.227 e. The molecule has 0 amide bonds. The molecule has 0 aliphatic carbocycles. The summed E-state index contributed by atoms with van der Waals surface area (Å²) in [5.74, 6) is 0.0868. The van der Waals surface area contributed by atoms with E-state index in [0.29, 0.717) is 12.1 Å². The molecule has 0 saturated heterocycles. The van der Waals surface area contributed by atoms with Crippen molar-refractivity contribution in [3.63, 3.8) is 0 Å². The maximum absolute atomic E-state index is 11.9. The fraction of sp³-hybridized carbons (Fsp3) is 0.0833. The quantitative estimate of drug-likeness (QED) is 0.522. The van der Waals surface area contributed by atoms with Crippen molar-refractivity contribution in [2.75, 3.05) is 0 Å². The molecule has 1 aromatic heterocycles. The van der Waals surface area contributed by atoms with Crippen molar-refractivity contribution < 1.29 is 26.3 Å². The van der Waals surface area contributed by atoms with Crippen LogP contribution in [0.25, 0.3) is 0 Å². The predicted octanol–water partition coefficient (Wildman–Crippen LogP) is -0.982. The minimum absolute atomic E-state index is 0. The van der Waals surface area contributed by atoms with Gasteiger partial charge in [0, 0.05) is 10.0 Å². The molecule has 1 heterocycles. The first-order chi connectivity index (χ1) is 7.75. The largest absolute Gasteiger partial charge is 1.00 e. The van der Waals surface area contributed by atoms with Gasteiger partial charge >= 0.3 is 0 Å². The number of benzene rings is 1. The van der Waals surface area contributed by atoms with Crippen LogP contribution in [0.4, 0.5) is 0 Å². The van der Waals surface area contributed by atoms with Crippen LogP contribution < -0.4 is 21.5 Å². The fourth-order valence-electron chi connectivity index (χ4n) is 1.35. The van der Waals surface area contributed by atoms with Gasteiger partial charge in [-0.3, -0.25) is 9.78 Å². The highest BCUT2D eigenvalue weighted by Gasteiger charge is 2.10. The molecule has 0 saturated carbocycles. The Bertz CT molecular complexity index is 486. The van der Waals surface area contributed by atoms with Crippen LogP contribution in [0.3, 0.4) is 0 Å². The average Bonchev–Trinajstić information content (AvgIpc) is 2.31. The lowest BCUT2D eigenvalue weighted by atomic mass is 10.1. The van der Waals surface area contributed by atoms with Crippen LogP contribution in [0.5, 0.6) is 0 Å². The molecule has 2 rings (SSSR count). The van der Waals surface area contributed by atoms with Crippen molar-refractivity contribution in [2.24, 2.45) is 0 Å². The Morgan fingerprint density at radius 1 is 1.18 bits per heavy atom. The first-order valence-electron chi connectivity index (χ1n) is 4.83. The van der Waals surface area contributed by atoms with Crippen LogP contribution in [0.15, 0.2) is 53.5 Å². The Kier molecular flexibility index (Phi) is 5.44. The van der Waals surface area contributed by atoms with E-state index >= 15 is 0 Å². The Morgan fingerprint density at radius 2 is 1.76 bits per heavy atom. The molecule has 0 spiro atoms. The summed E-state index contributed by atoms with van der Waals surface area (Å²) in [7, 11) is 0. The van der Waals surface area contributed by atoms with E-state index in [-0.39, 0.29) is 22.8 Å². The van der Waals surface area contributed by atoms with Crippen LogP contribution >= 0.6 is 15.9 Å². The van der Waals surface area contributed by atoms with Crippen LogP contribution in [-0.2, 0) is 6.54 Å². The van der Waals surface area contributed by atoms with E-state index in [9.17, 15) is 4.79 Å². The lowest BCUT2D eigenvalue weighted by Gasteiger charge is -1.98. The number of hydrogen-bond acceptors (Lipinski definition) is 2. The molecule has 0 atom stereocenters. The standard InChI is InChI=1S/C12H10BrN2O.BrH/c13-11-3-1-10(2-4-11)12(16)9-15-7-5-14-6-8-15;/h1-8H,9H2;1H/q+1;/p-1. The van der Waals surface area contributed by atoms with Crippen molar-refractivity contribution in [1.29, 1.82) is 0 Å². The molecule has 0 unspecified atom stereocenters. The first-order valence-corrected chi connectivity index (χ1v) is 5.63. The minimum atomic E-state index is 0. The van der Waals surface area contributed by atoms with Crippen LogP contribution in [0.1, 0.15) is 10.4 Å². The van der Waals surface area contributed by atoms with E-state index in [0.717, 1.165) is 4.47 Å². The second-order valence-corrected chi connectivity index (χ2v) is 4.26. The zero-order chi connectivity index (χ0) is 11.4. The van der Waals surface area contributed by atoms with E-state index in [4.69, 9.17) is 0 Å². The molecule has 3 nitrogen and oxygen atoms in total. The van der Waals surface area contributed by atoms with Crippen molar-refractivity contribution in [2.45, 2.75) is 6.54 Å². The van der Waals surface area contributed by atoms with Crippen molar-refractivity contribution in [1.82, 2.24) is 4.98 Å². The molecule has 0 radical (unpaired) electrons. The molecular formula is C12H10Br2N2O. The van der Waals surface area contributed by atoms with Gasteiger partial charge in [0.1, 0.15) is 0 Å². The lowest BCUT2D eigenvalue weighted by Crippen LogP contribution is -3.00. The normalized spacial score (nSPS) is 9.47. The van der Waals surface area contributed by atoms with Crippen molar-refractivity contribution >= 4 is 21.7 Å². The van der Waals surface area contributed by atoms with Gasteiger partial charge in [-0.2, -0.15) is 4.57 Å². The zero-order valence-electron chi connectivity index (χ0n) is 8.88. The number of ketones is 1. The van der Waals surface area contributed by atoms with Gasteiger partial charge < -0.3 is 17.0 Å². The Morgan fingerprint density at radius 3 is 2.35 bits per heavy atom. The van der Waals surface area contributed by atoms with Crippen molar-refractivity contribution in [3.8, 4) is 0 Å². The van der Waals surface area contributed by atoms with E-state index in [1.165, 1.54) is 0 Å². The molecule has 0 N–H and O–H groups in total. The maximum atomic E-state index is 11.9. The summed E-state index contributed by atoms with van der Waals surface area (Å²) in [6.07, 6.45) is 6.87. The van der Waals surface area contributed by atoms with Gasteiger partial charge in [-0.1, -0.05) is 28.1 Å². The summed E-state index contributed by atoms with van der Waals surface area (Å²) in [6.45, 7) is 0.337. The molecule has 88 valence electrons. The number of Topliss-reactive ketones (excluding diaryl/α,β-unsaturated/α-hetero) is 1. The van der Waals surface area contributed by atoms with Crippen LogP contribution in [0.2, 0.25) is 0 Å². The Hall–Kier alpha value is -1.07. The molecule has 0 fully saturated rings. The van der Waals surface area contributed by atoms with E-state index in [2.05, 4.69) is 20.9 Å². The highest BCUT2D eigenvalue weighted by Crippen LogP contribution is 2.10. The molecule has 2 aromatic rings. The molecule has 17 heavy (non-hydrogen) atoms. The third-order valence-corrected chi connectivity index (χ3v) is 2.71. The van der Waals surface area contributed by atoms with Gasteiger partial charge in [-0.15, -0.1) is 0 Å². The van der Waals surface area contributed by atoms with Crippen LogP contribution in [0, 0.1) is 0 Å². The van der Waals surface area contributed by atoms with Gasteiger partial charge in [0.25, 0.3) is 0 Å². The fourth-order valence-corrected chi connectivity index (χ4v) is 1.61. The smallest absolute Gasteiger partial charge is 0.227 e. The van der Waals surface area contributed by atoms with Crippen LogP contribution in [-0.4, -0.2) is 10.8 Å². The summed E-state index contributed by atoms with van der Waals surface area (Å²) < 4.78 is 2.78. The number of carbonyl (C=O) groups is 1. The molecule has 1 aromatic carbocycles. The molecule has 0 aliphatic rings. The van der Waals surface area contributed by atoms with Gasteiger partial charge in [0.2, 0.25) is 12.3 Å². The number of aromatic nitrogens is 2. The van der Waals surface area contributed by atoms with Gasteiger partial charge in [-0.25, -0.2) is 0 Å². The summed E-state index contributed by atoms with van der Waals surface area (Å²) >= 11 is 3.34. The summed E-state index contributed by atoms with van der Waals surface area (Å²) in [4.78, 5) is 15.8. The molecule has 5 heteroatoms. The Balaban J connectivity index is 0.00000144. The highest BCUT2D eigenvalue weighted by atomic mass is 79.9. The predicted molar refractivity (Wildman–Crippen MR) is 62.9 cm³/mol. The van der Waals surface area contributed by atoms with E-state index in [1.807, 2.05) is 24.3 Å². The highest BCUT2D eigenvalue weighted by molar-refractivity contribution is 9.10. The summed E-state index contributed by atoms with van der Waals surface area (Å²) in [5.41, 5.74) is 0.715. The number of halogens is 2. The number of rotatable bonds is 3. The van der Waals surface area contributed by atoms with Gasteiger partial charge in [0.05, 0.1) is 12.4 Å². The monoisotopic (exact) mass is 356 g/mol. The molecular weight excluding hydrogens is 348 g/mol. The molecule has 0 aliphatic heterocycles. The number of hydrogen-bond donors (Lipinski definition) is 0. The minimum Gasteiger partial charge on any atom is -1.00 e. The third kappa shape index (κ3) is 4.02. The third-order valence-electron chi connectivity index (χ3n) is 2.18. The second kappa shape index (κ2) is 6.61. The SMILES string of the molecule is O=C(C[n+]1ccncc1)c1ccc(Br)cc1.[Br-]. The van der Waals surface area contributed by atoms with E-state index in [1.54, 1.807) is 29.4 Å². The lowest BCUT2D eigenvalue weighted by molar-refractivity contribution is -0.683. The first kappa shape index (κ1) is 14.0. The number of nitrogens with zero attached hydrogens (tertiary/aromatic N) is 2.